The number of carbonyl (C=O) groups excluding carboxylic acids is 1. The molecular weight excluding hydrogens is 374 g/mol. The predicted molar refractivity (Wildman–Crippen MR) is 95.8 cm³/mol. The van der Waals surface area contributed by atoms with E-state index >= 15 is 0 Å². The van der Waals surface area contributed by atoms with Gasteiger partial charge in [0.2, 0.25) is 10.0 Å². The summed E-state index contributed by atoms with van der Waals surface area (Å²) in [6, 6.07) is 9.00. The van der Waals surface area contributed by atoms with Gasteiger partial charge in [0.15, 0.2) is 5.76 Å². The van der Waals surface area contributed by atoms with E-state index in [2.05, 4.69) is 0 Å². The van der Waals surface area contributed by atoms with Crippen molar-refractivity contribution in [3.8, 4) is 0 Å². The fraction of sp³-hybridized carbons (Fsp3) is 0.353. The van der Waals surface area contributed by atoms with E-state index in [0.29, 0.717) is 13.0 Å². The Hall–Kier alpha value is -2.72. The van der Waals surface area contributed by atoms with Crippen molar-refractivity contribution < 1.29 is 22.6 Å². The van der Waals surface area contributed by atoms with Crippen LogP contribution >= 0.6 is 0 Å². The zero-order valence-corrected chi connectivity index (χ0v) is 15.5. The minimum atomic E-state index is -3.64. The van der Waals surface area contributed by atoms with Gasteiger partial charge in [0.05, 0.1) is 11.0 Å². The van der Waals surface area contributed by atoms with Crippen LogP contribution in [0.5, 0.6) is 0 Å². The number of aryl methyl sites for hydroxylation is 1. The first-order valence-electron chi connectivity index (χ1n) is 8.39. The average Bonchev–Trinajstić information content (AvgIpc) is 2.99. The summed E-state index contributed by atoms with van der Waals surface area (Å²) in [5, 5.41) is 10.7. The lowest BCUT2D eigenvalue weighted by atomic mass is 10.2. The molecule has 0 unspecified atom stereocenters. The van der Waals surface area contributed by atoms with E-state index in [-0.39, 0.29) is 30.3 Å². The Bertz CT molecular complexity index is 951. The maximum Gasteiger partial charge on any atom is 0.433 e. The molecule has 0 aliphatic carbocycles. The second-order valence-electron chi connectivity index (χ2n) is 6.26. The van der Waals surface area contributed by atoms with Crippen LogP contribution in [0.1, 0.15) is 22.5 Å². The van der Waals surface area contributed by atoms with Gasteiger partial charge in [-0.3, -0.25) is 14.9 Å². The van der Waals surface area contributed by atoms with Crippen molar-refractivity contribution in [1.29, 1.82) is 0 Å². The molecule has 0 atom stereocenters. The van der Waals surface area contributed by atoms with Crippen LogP contribution in [0.25, 0.3) is 0 Å². The van der Waals surface area contributed by atoms with Crippen molar-refractivity contribution >= 4 is 21.8 Å². The van der Waals surface area contributed by atoms with Crippen LogP contribution in [-0.2, 0) is 10.0 Å². The average molecular weight is 393 g/mol. The summed E-state index contributed by atoms with van der Waals surface area (Å²) in [4.78, 5) is 24.1. The molecule has 2 heterocycles. The molecule has 1 aliphatic heterocycles. The molecule has 9 nitrogen and oxygen atoms in total. The minimum absolute atomic E-state index is 0.128. The molecule has 1 aromatic carbocycles. The summed E-state index contributed by atoms with van der Waals surface area (Å²) < 4.78 is 31.9. The number of carbonyl (C=O) groups is 1. The lowest BCUT2D eigenvalue weighted by molar-refractivity contribution is -0.402. The first-order valence-corrected chi connectivity index (χ1v) is 9.83. The second-order valence-corrected chi connectivity index (χ2v) is 8.20. The number of nitro groups is 1. The summed E-state index contributed by atoms with van der Waals surface area (Å²) in [7, 11) is -3.64. The number of rotatable bonds is 4. The van der Waals surface area contributed by atoms with Crippen LogP contribution in [0, 0.1) is 17.0 Å². The summed E-state index contributed by atoms with van der Waals surface area (Å²) in [5.41, 5.74) is 0.967. The Morgan fingerprint density at radius 1 is 1.07 bits per heavy atom. The van der Waals surface area contributed by atoms with Crippen LogP contribution in [0.2, 0.25) is 0 Å². The number of nitrogens with zero attached hydrogens (tertiary/aromatic N) is 3. The SMILES string of the molecule is Cc1ccc(S(=O)(=O)N2CCCN(C(=O)c3ccc([N+](=O)[O-])o3)CC2)cc1. The summed E-state index contributed by atoms with van der Waals surface area (Å²) in [5.74, 6) is -1.12. The van der Waals surface area contributed by atoms with Gasteiger partial charge in [0.25, 0.3) is 5.91 Å². The van der Waals surface area contributed by atoms with E-state index in [1.807, 2.05) is 6.92 Å². The highest BCUT2D eigenvalue weighted by Crippen LogP contribution is 2.21. The van der Waals surface area contributed by atoms with Gasteiger partial charge in [-0.05, 0) is 31.5 Å². The molecule has 0 bridgehead atoms. The Balaban J connectivity index is 1.72. The van der Waals surface area contributed by atoms with E-state index < -0.39 is 26.7 Å². The topological polar surface area (TPSA) is 114 Å². The molecule has 1 saturated heterocycles. The third-order valence-electron chi connectivity index (χ3n) is 4.38. The highest BCUT2D eigenvalue weighted by molar-refractivity contribution is 7.89. The van der Waals surface area contributed by atoms with Gasteiger partial charge in [-0.15, -0.1) is 0 Å². The van der Waals surface area contributed by atoms with E-state index in [1.165, 1.54) is 15.3 Å². The van der Waals surface area contributed by atoms with Crippen molar-refractivity contribution in [1.82, 2.24) is 9.21 Å². The zero-order valence-electron chi connectivity index (χ0n) is 14.7. The highest BCUT2D eigenvalue weighted by Gasteiger charge is 2.30. The van der Waals surface area contributed by atoms with Crippen LogP contribution in [0.3, 0.4) is 0 Å². The molecular formula is C17H19N3O6S. The monoisotopic (exact) mass is 393 g/mol. The second kappa shape index (κ2) is 7.49. The maximum atomic E-state index is 12.8. The fourth-order valence-electron chi connectivity index (χ4n) is 2.89. The third-order valence-corrected chi connectivity index (χ3v) is 6.30. The van der Waals surface area contributed by atoms with Crippen LogP contribution in [0.15, 0.2) is 45.7 Å². The molecule has 1 aromatic heterocycles. The van der Waals surface area contributed by atoms with E-state index in [0.717, 1.165) is 11.6 Å². The molecule has 2 aromatic rings. The van der Waals surface area contributed by atoms with E-state index in [9.17, 15) is 23.3 Å². The molecule has 3 rings (SSSR count). The number of sulfonamides is 1. The summed E-state index contributed by atoms with van der Waals surface area (Å²) in [6.07, 6.45) is 0.458. The van der Waals surface area contributed by atoms with Crippen molar-refractivity contribution in [2.75, 3.05) is 26.2 Å². The van der Waals surface area contributed by atoms with E-state index in [1.54, 1.807) is 24.3 Å². The Morgan fingerprint density at radius 2 is 1.78 bits per heavy atom. The minimum Gasteiger partial charge on any atom is -0.395 e. The largest absolute Gasteiger partial charge is 0.433 e. The van der Waals surface area contributed by atoms with Crippen LogP contribution in [0.4, 0.5) is 5.88 Å². The number of furan rings is 1. The molecule has 1 aliphatic rings. The third kappa shape index (κ3) is 4.01. The number of benzene rings is 1. The van der Waals surface area contributed by atoms with Gasteiger partial charge in [-0.1, -0.05) is 17.7 Å². The molecule has 0 N–H and O–H groups in total. The Morgan fingerprint density at radius 3 is 2.41 bits per heavy atom. The number of amides is 1. The molecule has 1 amide bonds. The molecule has 0 radical (unpaired) electrons. The molecule has 0 spiro atoms. The molecule has 144 valence electrons. The van der Waals surface area contributed by atoms with Crippen molar-refractivity contribution in [2.24, 2.45) is 0 Å². The van der Waals surface area contributed by atoms with Crippen LogP contribution < -0.4 is 0 Å². The standard InChI is InChI=1S/C17H19N3O6S/c1-13-3-5-14(6-4-13)27(24,25)19-10-2-9-18(11-12-19)17(21)15-7-8-16(26-15)20(22)23/h3-8H,2,9-12H2,1H3. The van der Waals surface area contributed by atoms with Crippen molar-refractivity contribution in [3.05, 3.63) is 57.8 Å². The van der Waals surface area contributed by atoms with Gasteiger partial charge in [-0.2, -0.15) is 4.31 Å². The van der Waals surface area contributed by atoms with Crippen molar-refractivity contribution in [2.45, 2.75) is 18.2 Å². The van der Waals surface area contributed by atoms with Gasteiger partial charge in [-0.25, -0.2) is 8.42 Å². The molecule has 1 fully saturated rings. The Kier molecular flexibility index (Phi) is 5.29. The highest BCUT2D eigenvalue weighted by atomic mass is 32.2. The normalized spacial score (nSPS) is 16.1. The van der Waals surface area contributed by atoms with E-state index in [4.69, 9.17) is 4.42 Å². The number of hydrogen-bond donors (Lipinski definition) is 0. The number of hydrogen-bond acceptors (Lipinski definition) is 6. The maximum absolute atomic E-state index is 12.8. The molecule has 27 heavy (non-hydrogen) atoms. The lowest BCUT2D eigenvalue weighted by Crippen LogP contribution is -2.37. The van der Waals surface area contributed by atoms with Gasteiger partial charge in [0, 0.05) is 26.2 Å². The summed E-state index contributed by atoms with van der Waals surface area (Å²) >= 11 is 0. The molecule has 0 saturated carbocycles. The zero-order chi connectivity index (χ0) is 19.6. The fourth-order valence-corrected chi connectivity index (χ4v) is 4.36. The molecule has 10 heteroatoms. The first-order chi connectivity index (χ1) is 12.8. The smallest absolute Gasteiger partial charge is 0.395 e. The first kappa shape index (κ1) is 19.1. The van der Waals surface area contributed by atoms with Gasteiger partial charge < -0.3 is 9.32 Å². The summed E-state index contributed by atoms with van der Waals surface area (Å²) in [6.45, 7) is 2.83. The predicted octanol–water partition coefficient (Wildman–Crippen LogP) is 2.03. The van der Waals surface area contributed by atoms with Crippen molar-refractivity contribution in [3.63, 3.8) is 0 Å². The lowest BCUT2D eigenvalue weighted by Gasteiger charge is -2.21. The Labute approximate surface area is 156 Å². The van der Waals surface area contributed by atoms with Gasteiger partial charge in [0.1, 0.15) is 4.92 Å². The van der Waals surface area contributed by atoms with Gasteiger partial charge >= 0.3 is 5.88 Å². The quantitative estimate of drug-likeness (QED) is 0.580. The van der Waals surface area contributed by atoms with Crippen LogP contribution in [-0.4, -0.2) is 54.6 Å².